The molecule has 3 rings (SSSR count). The maximum atomic E-state index is 5.52. The fourth-order valence-corrected chi connectivity index (χ4v) is 2.89. The Morgan fingerprint density at radius 1 is 0.920 bits per heavy atom. The first-order valence-corrected chi connectivity index (χ1v) is 8.23. The van der Waals surface area contributed by atoms with Gasteiger partial charge in [0.05, 0.1) is 25.0 Å². The van der Waals surface area contributed by atoms with Crippen LogP contribution in [-0.2, 0) is 5.41 Å². The fraction of sp³-hybridized carbons (Fsp3) is 0.300. The van der Waals surface area contributed by atoms with Crippen LogP contribution in [0.3, 0.4) is 0 Å². The summed E-state index contributed by atoms with van der Waals surface area (Å²) < 4.78 is 10.9. The second-order valence-corrected chi connectivity index (χ2v) is 6.54. The summed E-state index contributed by atoms with van der Waals surface area (Å²) in [6, 6.07) is 16.2. The van der Waals surface area contributed by atoms with Gasteiger partial charge >= 0.3 is 0 Å². The Labute approximate surface area is 148 Å². The van der Waals surface area contributed by atoms with E-state index in [9.17, 15) is 0 Å². The molecule has 0 unspecified atom stereocenters. The molecule has 0 amide bonds. The van der Waals surface area contributed by atoms with Crippen molar-refractivity contribution in [3.8, 4) is 11.6 Å². The zero-order valence-corrected chi connectivity index (χ0v) is 15.0. The predicted octanol–water partition coefficient (Wildman–Crippen LogP) is 4.04. The molecule has 1 aromatic heterocycles. The Bertz CT molecular complexity index is 863. The Balaban J connectivity index is 1.97. The lowest BCUT2D eigenvalue weighted by molar-refractivity contribution is 0.396. The van der Waals surface area contributed by atoms with E-state index in [0.717, 1.165) is 16.5 Å². The van der Waals surface area contributed by atoms with Crippen molar-refractivity contribution in [2.75, 3.05) is 26.1 Å². The monoisotopic (exact) mass is 337 g/mol. The highest BCUT2D eigenvalue weighted by Gasteiger charge is 2.22. The van der Waals surface area contributed by atoms with E-state index in [-0.39, 0.29) is 5.41 Å². The van der Waals surface area contributed by atoms with E-state index >= 15 is 0 Å². The number of hydrogen-bond acceptors (Lipinski definition) is 5. The first kappa shape index (κ1) is 17.0. The molecule has 0 aliphatic heterocycles. The normalized spacial score (nSPS) is 11.4. The van der Waals surface area contributed by atoms with Crippen molar-refractivity contribution in [3.63, 3.8) is 0 Å². The number of nitrogens with zero attached hydrogens (tertiary/aromatic N) is 2. The number of aromatic nitrogens is 2. The minimum absolute atomic E-state index is 0.0583. The van der Waals surface area contributed by atoms with Gasteiger partial charge in [-0.2, -0.15) is 0 Å². The smallest absolute Gasteiger partial charge is 0.241 e. The van der Waals surface area contributed by atoms with Gasteiger partial charge in [-0.15, -0.1) is 10.2 Å². The number of anilines is 1. The summed E-state index contributed by atoms with van der Waals surface area (Å²) in [4.78, 5) is 0. The van der Waals surface area contributed by atoms with Crippen molar-refractivity contribution in [1.29, 1.82) is 0 Å². The SMILES string of the molecule is COc1nnc(NCC(C)(C)c2ccccc2)c2c(OC)cccc12. The van der Waals surface area contributed by atoms with E-state index in [2.05, 4.69) is 53.6 Å². The summed E-state index contributed by atoms with van der Waals surface area (Å²) in [5, 5.41) is 13.7. The standard InChI is InChI=1S/C20H23N3O2/c1-20(2,14-9-6-5-7-10-14)13-21-18-17-15(19(25-4)23-22-18)11-8-12-16(17)24-3/h5-12H,13H2,1-4H3,(H,21,22). The lowest BCUT2D eigenvalue weighted by Crippen LogP contribution is -2.28. The number of benzene rings is 2. The first-order valence-electron chi connectivity index (χ1n) is 8.23. The molecule has 0 atom stereocenters. The van der Waals surface area contributed by atoms with Crippen LogP contribution in [0.25, 0.3) is 10.8 Å². The van der Waals surface area contributed by atoms with Crippen LogP contribution in [0.1, 0.15) is 19.4 Å². The largest absolute Gasteiger partial charge is 0.496 e. The summed E-state index contributed by atoms with van der Waals surface area (Å²) in [5.41, 5.74) is 1.21. The van der Waals surface area contributed by atoms with Crippen molar-refractivity contribution in [2.45, 2.75) is 19.3 Å². The van der Waals surface area contributed by atoms with Crippen molar-refractivity contribution in [3.05, 3.63) is 54.1 Å². The molecule has 25 heavy (non-hydrogen) atoms. The van der Waals surface area contributed by atoms with Crippen LogP contribution in [0, 0.1) is 0 Å². The third kappa shape index (κ3) is 3.36. The Kier molecular flexibility index (Phi) is 4.74. The number of ether oxygens (including phenoxy) is 2. The van der Waals surface area contributed by atoms with E-state index in [0.29, 0.717) is 18.2 Å². The Morgan fingerprint density at radius 2 is 1.68 bits per heavy atom. The molecule has 130 valence electrons. The van der Waals surface area contributed by atoms with Crippen LogP contribution in [-0.4, -0.2) is 31.0 Å². The maximum absolute atomic E-state index is 5.52. The third-order valence-electron chi connectivity index (χ3n) is 4.40. The van der Waals surface area contributed by atoms with Crippen molar-refractivity contribution < 1.29 is 9.47 Å². The number of rotatable bonds is 6. The molecule has 5 nitrogen and oxygen atoms in total. The lowest BCUT2D eigenvalue weighted by Gasteiger charge is -2.26. The van der Waals surface area contributed by atoms with Gasteiger partial charge in [0.1, 0.15) is 5.75 Å². The molecule has 0 radical (unpaired) electrons. The van der Waals surface area contributed by atoms with E-state index in [1.807, 2.05) is 24.3 Å². The highest BCUT2D eigenvalue weighted by atomic mass is 16.5. The molecule has 0 saturated heterocycles. The summed E-state index contributed by atoms with van der Waals surface area (Å²) in [5.74, 6) is 1.92. The Hall–Kier alpha value is -2.82. The van der Waals surface area contributed by atoms with E-state index < -0.39 is 0 Å². The minimum atomic E-state index is -0.0583. The van der Waals surface area contributed by atoms with E-state index in [1.165, 1.54) is 5.56 Å². The lowest BCUT2D eigenvalue weighted by atomic mass is 9.84. The molecule has 0 saturated carbocycles. The highest BCUT2D eigenvalue weighted by molar-refractivity contribution is 5.99. The van der Waals surface area contributed by atoms with Crippen LogP contribution < -0.4 is 14.8 Å². The van der Waals surface area contributed by atoms with Gasteiger partial charge < -0.3 is 14.8 Å². The second-order valence-electron chi connectivity index (χ2n) is 6.54. The third-order valence-corrected chi connectivity index (χ3v) is 4.40. The van der Waals surface area contributed by atoms with Gasteiger partial charge in [-0.25, -0.2) is 0 Å². The first-order chi connectivity index (χ1) is 12.1. The van der Waals surface area contributed by atoms with E-state index in [1.54, 1.807) is 14.2 Å². The second kappa shape index (κ2) is 6.97. The van der Waals surface area contributed by atoms with Gasteiger partial charge in [-0.3, -0.25) is 0 Å². The Morgan fingerprint density at radius 3 is 2.36 bits per heavy atom. The number of methoxy groups -OCH3 is 2. The zero-order valence-electron chi connectivity index (χ0n) is 15.0. The molecule has 2 aromatic carbocycles. The summed E-state index contributed by atoms with van der Waals surface area (Å²) in [6.45, 7) is 5.11. The zero-order chi connectivity index (χ0) is 17.9. The average molecular weight is 337 g/mol. The van der Waals surface area contributed by atoms with Crippen molar-refractivity contribution in [1.82, 2.24) is 10.2 Å². The summed E-state index contributed by atoms with van der Waals surface area (Å²) >= 11 is 0. The topological polar surface area (TPSA) is 56.3 Å². The summed E-state index contributed by atoms with van der Waals surface area (Å²) in [7, 11) is 3.24. The van der Waals surface area contributed by atoms with Crippen molar-refractivity contribution in [2.24, 2.45) is 0 Å². The quantitative estimate of drug-likeness (QED) is 0.736. The molecule has 0 aliphatic carbocycles. The fourth-order valence-electron chi connectivity index (χ4n) is 2.89. The van der Waals surface area contributed by atoms with Crippen LogP contribution >= 0.6 is 0 Å². The molecule has 1 N–H and O–H groups in total. The maximum Gasteiger partial charge on any atom is 0.241 e. The molecular formula is C20H23N3O2. The van der Waals surface area contributed by atoms with Crippen LogP contribution in [0.4, 0.5) is 5.82 Å². The van der Waals surface area contributed by atoms with Crippen LogP contribution in [0.5, 0.6) is 11.6 Å². The van der Waals surface area contributed by atoms with Gasteiger partial charge in [0.2, 0.25) is 5.88 Å². The van der Waals surface area contributed by atoms with Crippen LogP contribution in [0.15, 0.2) is 48.5 Å². The minimum Gasteiger partial charge on any atom is -0.496 e. The molecule has 5 heteroatoms. The van der Waals surface area contributed by atoms with Crippen LogP contribution in [0.2, 0.25) is 0 Å². The van der Waals surface area contributed by atoms with Gasteiger partial charge in [0.15, 0.2) is 5.82 Å². The molecule has 1 heterocycles. The van der Waals surface area contributed by atoms with Gasteiger partial charge in [-0.05, 0) is 17.7 Å². The summed E-state index contributed by atoms with van der Waals surface area (Å²) in [6.07, 6.45) is 0. The molecule has 3 aromatic rings. The molecule has 0 spiro atoms. The average Bonchev–Trinajstić information content (AvgIpc) is 2.66. The van der Waals surface area contributed by atoms with Gasteiger partial charge in [-0.1, -0.05) is 50.2 Å². The molecule has 0 fully saturated rings. The number of hydrogen-bond donors (Lipinski definition) is 1. The molecular weight excluding hydrogens is 314 g/mol. The molecule has 0 aliphatic rings. The number of nitrogens with one attached hydrogen (secondary N) is 1. The van der Waals surface area contributed by atoms with Gasteiger partial charge in [0, 0.05) is 12.0 Å². The van der Waals surface area contributed by atoms with Crippen molar-refractivity contribution >= 4 is 16.6 Å². The highest BCUT2D eigenvalue weighted by Crippen LogP contribution is 2.35. The van der Waals surface area contributed by atoms with E-state index in [4.69, 9.17) is 9.47 Å². The van der Waals surface area contributed by atoms with Gasteiger partial charge in [0.25, 0.3) is 0 Å². The molecule has 0 bridgehead atoms. The number of fused-ring (bicyclic) bond motifs is 1. The predicted molar refractivity (Wildman–Crippen MR) is 101 cm³/mol.